The van der Waals surface area contributed by atoms with Gasteiger partial charge in [-0.1, -0.05) is 0 Å². The lowest BCUT2D eigenvalue weighted by Gasteiger charge is -2.22. The number of carbonyl (C=O) groups is 1. The van der Waals surface area contributed by atoms with Crippen molar-refractivity contribution < 1.29 is 18.3 Å². The average Bonchev–Trinajstić information content (AvgIpc) is 2.29. The van der Waals surface area contributed by atoms with E-state index >= 15 is 0 Å². The van der Waals surface area contributed by atoms with Crippen LogP contribution in [-0.4, -0.2) is 36.0 Å². The summed E-state index contributed by atoms with van der Waals surface area (Å²) in [5.41, 5.74) is 0.968. The van der Waals surface area contributed by atoms with Gasteiger partial charge in [0.15, 0.2) is 0 Å². The van der Waals surface area contributed by atoms with Gasteiger partial charge < -0.3 is 5.11 Å². The van der Waals surface area contributed by atoms with Crippen LogP contribution in [0.3, 0.4) is 0 Å². The highest BCUT2D eigenvalue weighted by Crippen LogP contribution is 2.28. The summed E-state index contributed by atoms with van der Waals surface area (Å²) in [5, 5.41) is 8.85. The summed E-state index contributed by atoms with van der Waals surface area (Å²) in [7, 11) is -2.89. The summed E-state index contributed by atoms with van der Waals surface area (Å²) in [6, 6.07) is 1.58. The Morgan fingerprint density at radius 2 is 1.94 bits per heavy atom. The van der Waals surface area contributed by atoms with Crippen molar-refractivity contribution in [2.24, 2.45) is 0 Å². The number of hydrogen-bond donors (Lipinski definition) is 1. The quantitative estimate of drug-likeness (QED) is 0.854. The number of aromatic carboxylic acids is 1. The number of sulfone groups is 1. The number of aromatic nitrogens is 1. The zero-order valence-corrected chi connectivity index (χ0v) is 9.98. The van der Waals surface area contributed by atoms with Gasteiger partial charge in [-0.3, -0.25) is 4.98 Å². The van der Waals surface area contributed by atoms with E-state index in [1.54, 1.807) is 12.3 Å². The van der Waals surface area contributed by atoms with Gasteiger partial charge in [-0.05, 0) is 30.4 Å². The molecular formula is C11H13NO4S. The van der Waals surface area contributed by atoms with Crippen molar-refractivity contribution in [1.29, 1.82) is 0 Å². The molecule has 0 spiro atoms. The molecule has 0 aromatic carbocycles. The first-order chi connectivity index (χ1) is 7.98. The summed E-state index contributed by atoms with van der Waals surface area (Å²) in [6.07, 6.45) is 4.01. The molecule has 2 rings (SSSR count). The van der Waals surface area contributed by atoms with Crippen molar-refractivity contribution in [2.75, 3.05) is 11.5 Å². The zero-order chi connectivity index (χ0) is 12.5. The molecule has 1 aliphatic rings. The Kier molecular flexibility index (Phi) is 3.15. The number of carboxylic acid groups (broad SMARTS) is 1. The highest BCUT2D eigenvalue weighted by atomic mass is 32.2. The van der Waals surface area contributed by atoms with Gasteiger partial charge in [-0.15, -0.1) is 0 Å². The Morgan fingerprint density at radius 3 is 2.53 bits per heavy atom. The summed E-state index contributed by atoms with van der Waals surface area (Å²) in [5.74, 6) is -0.558. The molecule has 17 heavy (non-hydrogen) atoms. The Labute approximate surface area is 99.4 Å². The van der Waals surface area contributed by atoms with Gasteiger partial charge >= 0.3 is 5.97 Å². The molecule has 1 N–H and O–H groups in total. The number of nitrogens with zero attached hydrogens (tertiary/aromatic N) is 1. The van der Waals surface area contributed by atoms with E-state index < -0.39 is 15.8 Å². The van der Waals surface area contributed by atoms with E-state index in [2.05, 4.69) is 4.98 Å². The molecule has 2 heterocycles. The minimum absolute atomic E-state index is 0.102. The molecule has 1 fully saturated rings. The minimum atomic E-state index is -2.89. The molecular weight excluding hydrogens is 242 g/mol. The van der Waals surface area contributed by atoms with E-state index in [1.165, 1.54) is 6.20 Å². The molecule has 0 aliphatic carbocycles. The molecule has 5 nitrogen and oxygen atoms in total. The lowest BCUT2D eigenvalue weighted by Crippen LogP contribution is -2.22. The first kappa shape index (κ1) is 12.0. The Morgan fingerprint density at radius 1 is 1.29 bits per heavy atom. The van der Waals surface area contributed by atoms with Gasteiger partial charge in [0.25, 0.3) is 0 Å². The van der Waals surface area contributed by atoms with E-state index in [9.17, 15) is 13.2 Å². The van der Waals surface area contributed by atoms with E-state index in [4.69, 9.17) is 5.11 Å². The minimum Gasteiger partial charge on any atom is -0.478 e. The Bertz CT molecular complexity index is 524. The van der Waals surface area contributed by atoms with E-state index in [0.717, 1.165) is 5.56 Å². The van der Waals surface area contributed by atoms with Crippen molar-refractivity contribution in [3.8, 4) is 0 Å². The SMILES string of the molecule is O=C(O)c1cncc(C2CCS(=O)(=O)CC2)c1. The first-order valence-electron chi connectivity index (χ1n) is 5.36. The normalized spacial score (nSPS) is 20.0. The summed E-state index contributed by atoms with van der Waals surface area (Å²) >= 11 is 0. The molecule has 1 aromatic rings. The van der Waals surface area contributed by atoms with Crippen LogP contribution in [0.1, 0.15) is 34.7 Å². The van der Waals surface area contributed by atoms with Gasteiger partial charge in [0.2, 0.25) is 0 Å². The fourth-order valence-corrected chi connectivity index (χ4v) is 3.51. The van der Waals surface area contributed by atoms with Crippen LogP contribution in [0.15, 0.2) is 18.5 Å². The van der Waals surface area contributed by atoms with Gasteiger partial charge in [-0.2, -0.15) is 0 Å². The van der Waals surface area contributed by atoms with Crippen LogP contribution in [-0.2, 0) is 9.84 Å². The number of carboxylic acids is 1. The fraction of sp³-hybridized carbons (Fsp3) is 0.455. The van der Waals surface area contributed by atoms with Gasteiger partial charge in [0.05, 0.1) is 17.1 Å². The summed E-state index contributed by atoms with van der Waals surface area (Å²) in [4.78, 5) is 14.7. The van der Waals surface area contributed by atoms with Gasteiger partial charge in [0, 0.05) is 12.4 Å². The second kappa shape index (κ2) is 4.44. The number of hydrogen-bond acceptors (Lipinski definition) is 4. The van der Waals surface area contributed by atoms with Crippen LogP contribution in [0.4, 0.5) is 0 Å². The molecule has 0 bridgehead atoms. The van der Waals surface area contributed by atoms with Crippen LogP contribution in [0.5, 0.6) is 0 Å². The van der Waals surface area contributed by atoms with Crippen molar-refractivity contribution in [2.45, 2.75) is 18.8 Å². The molecule has 0 amide bonds. The number of pyridine rings is 1. The third-order valence-electron chi connectivity index (χ3n) is 3.03. The highest BCUT2D eigenvalue weighted by molar-refractivity contribution is 7.91. The van der Waals surface area contributed by atoms with E-state index in [-0.39, 0.29) is 23.0 Å². The van der Waals surface area contributed by atoms with Crippen LogP contribution in [0.2, 0.25) is 0 Å². The molecule has 0 saturated carbocycles. The zero-order valence-electron chi connectivity index (χ0n) is 9.17. The summed E-state index contributed by atoms with van der Waals surface area (Å²) < 4.78 is 22.6. The maximum atomic E-state index is 11.3. The molecule has 6 heteroatoms. The summed E-state index contributed by atoms with van der Waals surface area (Å²) in [6.45, 7) is 0. The predicted molar refractivity (Wildman–Crippen MR) is 61.8 cm³/mol. The van der Waals surface area contributed by atoms with E-state index in [1.807, 2.05) is 0 Å². The lowest BCUT2D eigenvalue weighted by atomic mass is 9.94. The van der Waals surface area contributed by atoms with Crippen LogP contribution in [0, 0.1) is 0 Å². The molecule has 0 radical (unpaired) electrons. The van der Waals surface area contributed by atoms with Gasteiger partial charge in [0.1, 0.15) is 9.84 Å². The highest BCUT2D eigenvalue weighted by Gasteiger charge is 2.25. The van der Waals surface area contributed by atoms with Crippen molar-refractivity contribution in [1.82, 2.24) is 4.98 Å². The Hall–Kier alpha value is -1.43. The Balaban J connectivity index is 2.18. The van der Waals surface area contributed by atoms with Crippen LogP contribution in [0.25, 0.3) is 0 Å². The number of rotatable bonds is 2. The van der Waals surface area contributed by atoms with Crippen molar-refractivity contribution in [3.05, 3.63) is 29.6 Å². The topological polar surface area (TPSA) is 84.3 Å². The average molecular weight is 255 g/mol. The third kappa shape index (κ3) is 2.82. The molecule has 0 atom stereocenters. The van der Waals surface area contributed by atoms with Gasteiger partial charge in [-0.25, -0.2) is 13.2 Å². The second-order valence-corrected chi connectivity index (χ2v) is 6.54. The standard InChI is InChI=1S/C11H13NO4S/c13-11(14)10-5-9(6-12-7-10)8-1-3-17(15,16)4-2-8/h5-8H,1-4H2,(H,13,14). The third-order valence-corrected chi connectivity index (χ3v) is 4.75. The molecule has 1 aliphatic heterocycles. The molecule has 1 saturated heterocycles. The van der Waals surface area contributed by atoms with Crippen molar-refractivity contribution in [3.63, 3.8) is 0 Å². The van der Waals surface area contributed by atoms with Crippen LogP contribution >= 0.6 is 0 Å². The first-order valence-corrected chi connectivity index (χ1v) is 7.19. The lowest BCUT2D eigenvalue weighted by molar-refractivity contribution is 0.0696. The van der Waals surface area contributed by atoms with Crippen molar-refractivity contribution >= 4 is 15.8 Å². The smallest absolute Gasteiger partial charge is 0.337 e. The van der Waals surface area contributed by atoms with E-state index in [0.29, 0.717) is 12.8 Å². The molecule has 92 valence electrons. The largest absolute Gasteiger partial charge is 0.478 e. The second-order valence-electron chi connectivity index (χ2n) is 4.24. The molecule has 0 unspecified atom stereocenters. The maximum absolute atomic E-state index is 11.3. The predicted octanol–water partition coefficient (Wildman–Crippen LogP) is 1.07. The monoisotopic (exact) mass is 255 g/mol. The fourth-order valence-electron chi connectivity index (χ4n) is 2.02. The molecule has 1 aromatic heterocycles. The van der Waals surface area contributed by atoms with Crippen LogP contribution < -0.4 is 0 Å². The maximum Gasteiger partial charge on any atom is 0.337 e.